The Morgan fingerprint density at radius 1 is 0.865 bits per heavy atom. The lowest BCUT2D eigenvalue weighted by atomic mass is 9.95. The fourth-order valence-electron chi connectivity index (χ4n) is 4.13. The lowest BCUT2D eigenvalue weighted by molar-refractivity contribution is -0.144. The zero-order chi connectivity index (χ0) is 27.9. The molecule has 7 N–H and O–H groups in total. The van der Waals surface area contributed by atoms with Crippen molar-refractivity contribution in [1.29, 1.82) is 0 Å². The van der Waals surface area contributed by atoms with E-state index >= 15 is 0 Å². The average molecular weight is 516 g/mol. The van der Waals surface area contributed by atoms with Gasteiger partial charge in [0, 0.05) is 17.1 Å². The minimum Gasteiger partial charge on any atom is -0.480 e. The Morgan fingerprint density at radius 2 is 1.41 bits per heavy atom. The van der Waals surface area contributed by atoms with Crippen LogP contribution in [0, 0.1) is 17.8 Å². The molecule has 5 atom stereocenters. The Labute approximate surface area is 218 Å². The van der Waals surface area contributed by atoms with E-state index in [1.165, 1.54) is 0 Å². The first-order valence-corrected chi connectivity index (χ1v) is 12.8. The molecule has 5 unspecified atom stereocenters. The molecule has 0 saturated heterocycles. The molecule has 1 aromatic heterocycles. The number of aromatic nitrogens is 1. The second-order valence-electron chi connectivity index (χ2n) is 10.3. The molecule has 0 aliphatic rings. The zero-order valence-electron chi connectivity index (χ0n) is 22.5. The Balaban J connectivity index is 2.13. The summed E-state index contributed by atoms with van der Waals surface area (Å²) in [6.07, 6.45) is 2.71. The van der Waals surface area contributed by atoms with E-state index in [0.29, 0.717) is 6.42 Å². The van der Waals surface area contributed by atoms with Gasteiger partial charge in [-0.05, 0) is 35.8 Å². The van der Waals surface area contributed by atoms with Crippen LogP contribution in [0.4, 0.5) is 0 Å². The number of aromatic amines is 1. The lowest BCUT2D eigenvalue weighted by Crippen LogP contribution is -2.60. The average Bonchev–Trinajstić information content (AvgIpc) is 3.25. The number of carbonyl (C=O) groups is 4. The third-order valence-corrected chi connectivity index (χ3v) is 6.72. The van der Waals surface area contributed by atoms with Crippen molar-refractivity contribution >= 4 is 34.6 Å². The maximum atomic E-state index is 13.3. The maximum absolute atomic E-state index is 13.3. The van der Waals surface area contributed by atoms with Crippen molar-refractivity contribution in [3.63, 3.8) is 0 Å². The predicted octanol–water partition coefficient (Wildman–Crippen LogP) is 1.93. The minimum atomic E-state index is -1.15. The monoisotopic (exact) mass is 515 g/mol. The zero-order valence-corrected chi connectivity index (χ0v) is 22.5. The van der Waals surface area contributed by atoms with Crippen molar-refractivity contribution in [1.82, 2.24) is 20.9 Å². The number of carbonyl (C=O) groups excluding carboxylic acids is 3. The molecule has 2 rings (SSSR count). The molecule has 0 bridgehead atoms. The number of para-hydroxylation sites is 1. The van der Waals surface area contributed by atoms with Crippen LogP contribution < -0.4 is 21.7 Å². The lowest BCUT2D eigenvalue weighted by Gasteiger charge is -2.29. The third kappa shape index (κ3) is 7.79. The molecular formula is C27H41N5O5. The summed E-state index contributed by atoms with van der Waals surface area (Å²) in [5.74, 6) is -3.61. The molecule has 0 radical (unpaired) electrons. The van der Waals surface area contributed by atoms with Crippen LogP contribution >= 0.6 is 0 Å². The van der Waals surface area contributed by atoms with Crippen molar-refractivity contribution in [2.24, 2.45) is 23.5 Å². The quantitative estimate of drug-likeness (QED) is 0.238. The number of nitrogens with one attached hydrogen (secondary N) is 4. The van der Waals surface area contributed by atoms with Gasteiger partial charge in [0.25, 0.3) is 0 Å². The topological polar surface area (TPSA) is 166 Å². The summed E-state index contributed by atoms with van der Waals surface area (Å²) in [5, 5.41) is 18.4. The van der Waals surface area contributed by atoms with E-state index in [1.54, 1.807) is 27.7 Å². The summed E-state index contributed by atoms with van der Waals surface area (Å²) >= 11 is 0. The van der Waals surface area contributed by atoms with Gasteiger partial charge in [0.05, 0.1) is 6.04 Å². The van der Waals surface area contributed by atoms with Gasteiger partial charge in [0.2, 0.25) is 17.7 Å². The predicted molar refractivity (Wildman–Crippen MR) is 143 cm³/mol. The second kappa shape index (κ2) is 13.2. The number of carboxylic acids is 1. The van der Waals surface area contributed by atoms with Crippen molar-refractivity contribution in [2.75, 3.05) is 0 Å². The highest BCUT2D eigenvalue weighted by molar-refractivity contribution is 5.94. The van der Waals surface area contributed by atoms with E-state index in [4.69, 9.17) is 5.73 Å². The van der Waals surface area contributed by atoms with Gasteiger partial charge in [-0.3, -0.25) is 14.4 Å². The molecule has 1 aromatic carbocycles. The van der Waals surface area contributed by atoms with Crippen molar-refractivity contribution in [3.05, 3.63) is 36.0 Å². The van der Waals surface area contributed by atoms with Crippen LogP contribution in [0.15, 0.2) is 30.5 Å². The molecular weight excluding hydrogens is 474 g/mol. The Kier molecular flexibility index (Phi) is 10.7. The first-order chi connectivity index (χ1) is 17.4. The number of carboxylic acid groups (broad SMARTS) is 1. The van der Waals surface area contributed by atoms with Crippen LogP contribution in [-0.4, -0.2) is 57.9 Å². The van der Waals surface area contributed by atoms with Gasteiger partial charge in [-0.1, -0.05) is 66.2 Å². The number of amides is 3. The molecule has 0 spiro atoms. The summed E-state index contributed by atoms with van der Waals surface area (Å²) in [6, 6.07) is 3.86. The molecule has 0 saturated carbocycles. The van der Waals surface area contributed by atoms with Gasteiger partial charge in [-0.25, -0.2) is 4.79 Å². The number of hydrogen-bond acceptors (Lipinski definition) is 5. The molecule has 204 valence electrons. The summed E-state index contributed by atoms with van der Waals surface area (Å²) in [6.45, 7) is 10.6. The molecule has 1 heterocycles. The van der Waals surface area contributed by atoms with Crippen LogP contribution in [0.25, 0.3) is 10.9 Å². The van der Waals surface area contributed by atoms with Crippen LogP contribution in [-0.2, 0) is 25.6 Å². The van der Waals surface area contributed by atoms with Crippen molar-refractivity contribution < 1.29 is 24.3 Å². The summed E-state index contributed by atoms with van der Waals surface area (Å²) in [4.78, 5) is 53.9. The molecule has 10 heteroatoms. The normalized spacial score (nSPS) is 15.6. The highest BCUT2D eigenvalue weighted by Crippen LogP contribution is 2.19. The van der Waals surface area contributed by atoms with Crippen LogP contribution in [0.3, 0.4) is 0 Å². The Hall–Kier alpha value is -3.40. The molecule has 3 amide bonds. The fraction of sp³-hybridized carbons (Fsp3) is 0.556. The van der Waals surface area contributed by atoms with Gasteiger partial charge in [0.15, 0.2) is 0 Å². The minimum absolute atomic E-state index is 0.234. The molecule has 0 fully saturated rings. The molecule has 0 aliphatic heterocycles. The van der Waals surface area contributed by atoms with E-state index in [2.05, 4.69) is 20.9 Å². The first-order valence-electron chi connectivity index (χ1n) is 12.8. The first kappa shape index (κ1) is 29.8. The second-order valence-corrected chi connectivity index (χ2v) is 10.3. The summed E-state index contributed by atoms with van der Waals surface area (Å²) in [7, 11) is 0. The molecule has 37 heavy (non-hydrogen) atoms. The van der Waals surface area contributed by atoms with Crippen LogP contribution in [0.1, 0.15) is 53.5 Å². The van der Waals surface area contributed by atoms with E-state index in [-0.39, 0.29) is 24.2 Å². The number of rotatable bonds is 13. The molecule has 10 nitrogen and oxygen atoms in total. The fourth-order valence-corrected chi connectivity index (χ4v) is 4.13. The van der Waals surface area contributed by atoms with Crippen molar-refractivity contribution in [3.8, 4) is 0 Å². The van der Waals surface area contributed by atoms with Gasteiger partial charge in [-0.2, -0.15) is 0 Å². The van der Waals surface area contributed by atoms with Gasteiger partial charge < -0.3 is 31.8 Å². The molecule has 0 aliphatic carbocycles. The highest BCUT2D eigenvalue weighted by Gasteiger charge is 2.34. The third-order valence-electron chi connectivity index (χ3n) is 6.72. The van der Waals surface area contributed by atoms with Gasteiger partial charge >= 0.3 is 5.97 Å². The highest BCUT2D eigenvalue weighted by atomic mass is 16.4. The molecule has 2 aromatic rings. The van der Waals surface area contributed by atoms with E-state index in [0.717, 1.165) is 16.5 Å². The number of H-pyrrole nitrogens is 1. The number of fused-ring (bicyclic) bond motifs is 1. The standard InChI is InChI=1S/C27H41N5O5/c1-7-16(6)23(26(35)30-21(14(2)3)25(34)31-22(15(4)5)27(36)37)32-24(33)19(28)12-17-13-29-20-11-9-8-10-18(17)20/h8-11,13-16,19,21-23,29H,7,12,28H2,1-6H3,(H,30,35)(H,31,34)(H,32,33)(H,36,37). The van der Waals surface area contributed by atoms with E-state index in [1.807, 2.05) is 44.3 Å². The van der Waals surface area contributed by atoms with Crippen LogP contribution in [0.5, 0.6) is 0 Å². The number of benzene rings is 1. The van der Waals surface area contributed by atoms with E-state index in [9.17, 15) is 24.3 Å². The smallest absolute Gasteiger partial charge is 0.326 e. The largest absolute Gasteiger partial charge is 0.480 e. The Bertz CT molecular complexity index is 1100. The number of nitrogens with two attached hydrogens (primary N) is 1. The number of hydrogen-bond donors (Lipinski definition) is 6. The SMILES string of the molecule is CCC(C)C(NC(=O)C(N)Cc1c[nH]c2ccccc12)C(=O)NC(C(=O)NC(C(=O)O)C(C)C)C(C)C. The van der Waals surface area contributed by atoms with E-state index < -0.39 is 47.9 Å². The Morgan fingerprint density at radius 3 is 1.97 bits per heavy atom. The number of aliphatic carboxylic acids is 1. The van der Waals surface area contributed by atoms with Gasteiger partial charge in [-0.15, -0.1) is 0 Å². The maximum Gasteiger partial charge on any atom is 0.326 e. The van der Waals surface area contributed by atoms with Crippen LogP contribution in [0.2, 0.25) is 0 Å². The summed E-state index contributed by atoms with van der Waals surface area (Å²) < 4.78 is 0. The van der Waals surface area contributed by atoms with Gasteiger partial charge in [0.1, 0.15) is 18.1 Å². The van der Waals surface area contributed by atoms with Crippen molar-refractivity contribution in [2.45, 2.75) is 78.6 Å². The summed E-state index contributed by atoms with van der Waals surface area (Å²) in [5.41, 5.74) is 8.07.